The Morgan fingerprint density at radius 2 is 1.00 bits per heavy atom. The summed E-state index contributed by atoms with van der Waals surface area (Å²) in [6.07, 6.45) is 27.9. The van der Waals surface area contributed by atoms with Crippen LogP contribution in [0.2, 0.25) is 0 Å². The van der Waals surface area contributed by atoms with Crippen LogP contribution in [0.4, 0.5) is 0 Å². The van der Waals surface area contributed by atoms with E-state index in [-0.39, 0.29) is 0 Å². The predicted octanol–water partition coefficient (Wildman–Crippen LogP) is 12.2. The van der Waals surface area contributed by atoms with E-state index in [1.165, 1.54) is 151 Å². The molecule has 0 saturated heterocycles. The van der Waals surface area contributed by atoms with Crippen molar-refractivity contribution in [3.05, 3.63) is 29.5 Å². The average molecular weight is 562 g/mol. The number of phenols is 1. The number of rotatable bonds is 26. The molecule has 0 atom stereocenters. The van der Waals surface area contributed by atoms with Gasteiger partial charge >= 0.3 is 0 Å². The molecule has 4 heteroatoms. The molecule has 1 aromatic heterocycles. The number of unbranched alkanes of at least 4 members (excludes halogenated alkanes) is 18. The van der Waals surface area contributed by atoms with Crippen LogP contribution in [0, 0.1) is 0 Å². The molecule has 38 heavy (non-hydrogen) atoms. The van der Waals surface area contributed by atoms with Gasteiger partial charge in [-0.05, 0) is 48.1 Å². The zero-order chi connectivity index (χ0) is 27.1. The molecule has 0 aliphatic rings. The fourth-order valence-electron chi connectivity index (χ4n) is 5.25. The number of phenolic OH excluding ortho intramolecular Hbond substituents is 1. The highest BCUT2D eigenvalue weighted by Crippen LogP contribution is 2.30. The van der Waals surface area contributed by atoms with Crippen LogP contribution in [0.5, 0.6) is 5.75 Å². The number of aromatic amines is 1. The van der Waals surface area contributed by atoms with E-state index in [1.54, 1.807) is 0 Å². The van der Waals surface area contributed by atoms with Gasteiger partial charge in [-0.3, -0.25) is 0 Å². The van der Waals surface area contributed by atoms with Gasteiger partial charge in [-0.2, -0.15) is 23.5 Å². The van der Waals surface area contributed by atoms with Crippen molar-refractivity contribution in [2.24, 2.45) is 0 Å². The Labute approximate surface area is 244 Å². The summed E-state index contributed by atoms with van der Waals surface area (Å²) in [6, 6.07) is 6.37. The summed E-state index contributed by atoms with van der Waals surface area (Å²) in [7, 11) is 0. The predicted molar refractivity (Wildman–Crippen MR) is 176 cm³/mol. The van der Waals surface area contributed by atoms with Crippen molar-refractivity contribution in [2.45, 2.75) is 154 Å². The van der Waals surface area contributed by atoms with Crippen molar-refractivity contribution < 1.29 is 5.11 Å². The smallest absolute Gasteiger partial charge is 0.125 e. The molecule has 0 aliphatic carbocycles. The van der Waals surface area contributed by atoms with Crippen molar-refractivity contribution in [1.82, 2.24) is 4.98 Å². The van der Waals surface area contributed by atoms with Crippen LogP contribution in [0.1, 0.15) is 154 Å². The number of hydrogen-bond donors (Lipinski definition) is 2. The Balaban J connectivity index is 1.52. The van der Waals surface area contributed by atoms with Crippen LogP contribution in [0.15, 0.2) is 18.2 Å². The number of hydrogen-bond acceptors (Lipinski definition) is 3. The van der Waals surface area contributed by atoms with Crippen LogP contribution >= 0.6 is 23.5 Å². The van der Waals surface area contributed by atoms with E-state index in [2.05, 4.69) is 31.0 Å². The Kier molecular flexibility index (Phi) is 20.3. The van der Waals surface area contributed by atoms with Crippen LogP contribution < -0.4 is 0 Å². The molecular weight excluding hydrogens is 503 g/mol. The van der Waals surface area contributed by atoms with E-state index in [1.807, 2.05) is 29.6 Å². The molecule has 0 radical (unpaired) electrons. The first-order chi connectivity index (χ1) is 18.7. The van der Waals surface area contributed by atoms with Gasteiger partial charge in [0.25, 0.3) is 0 Å². The van der Waals surface area contributed by atoms with Gasteiger partial charge in [-0.1, -0.05) is 129 Å². The fourth-order valence-corrected chi connectivity index (χ4v) is 7.13. The van der Waals surface area contributed by atoms with E-state index in [0.717, 1.165) is 22.4 Å². The first-order valence-corrected chi connectivity index (χ1v) is 18.5. The standard InChI is InChI=1S/C34H59NOS2/c1-3-5-7-9-11-13-15-17-19-21-23-37-28-30-25-33-32(34(36)26-30)27-31(35-33)29-38-24-22-20-18-16-14-12-10-8-6-4-2/h25-27,35-36H,3-24,28-29H2,1-2H3. The molecule has 2 rings (SSSR count). The fraction of sp³-hybridized carbons (Fsp3) is 0.765. The van der Waals surface area contributed by atoms with E-state index in [4.69, 9.17) is 0 Å². The molecular formula is C34H59NOS2. The lowest BCUT2D eigenvalue weighted by Gasteiger charge is -2.05. The second-order valence-corrected chi connectivity index (χ2v) is 13.6. The first kappa shape index (κ1) is 33.5. The number of fused-ring (bicyclic) bond motifs is 1. The molecule has 2 nitrogen and oxygen atoms in total. The molecule has 1 heterocycles. The van der Waals surface area contributed by atoms with Crippen molar-refractivity contribution in [3.63, 3.8) is 0 Å². The van der Waals surface area contributed by atoms with E-state index in [9.17, 15) is 5.11 Å². The summed E-state index contributed by atoms with van der Waals surface area (Å²) in [5, 5.41) is 11.6. The Morgan fingerprint density at radius 1 is 0.553 bits per heavy atom. The van der Waals surface area contributed by atoms with Gasteiger partial charge in [0.2, 0.25) is 0 Å². The molecule has 0 fully saturated rings. The Morgan fingerprint density at radius 3 is 1.50 bits per heavy atom. The molecule has 0 saturated carbocycles. The summed E-state index contributed by atoms with van der Waals surface area (Å²) in [5.74, 6) is 4.88. The zero-order valence-electron chi connectivity index (χ0n) is 25.0. The lowest BCUT2D eigenvalue weighted by Crippen LogP contribution is -1.87. The molecule has 218 valence electrons. The number of aromatic nitrogens is 1. The SMILES string of the molecule is CCCCCCCCCCCCSCc1cc(O)c2cc(CSCCCCCCCCCCCC)[nH]c2c1. The molecule has 2 aromatic rings. The molecule has 0 unspecified atom stereocenters. The maximum Gasteiger partial charge on any atom is 0.125 e. The molecule has 0 amide bonds. The minimum atomic E-state index is 0.430. The lowest BCUT2D eigenvalue weighted by atomic mass is 10.1. The van der Waals surface area contributed by atoms with Crippen molar-refractivity contribution in [1.29, 1.82) is 0 Å². The van der Waals surface area contributed by atoms with Crippen LogP contribution in [-0.2, 0) is 11.5 Å². The summed E-state index contributed by atoms with van der Waals surface area (Å²) >= 11 is 4.03. The Bertz CT molecular complexity index is 818. The minimum Gasteiger partial charge on any atom is -0.507 e. The van der Waals surface area contributed by atoms with Crippen LogP contribution in [0.25, 0.3) is 10.9 Å². The molecule has 2 N–H and O–H groups in total. The third-order valence-corrected chi connectivity index (χ3v) is 9.85. The highest BCUT2D eigenvalue weighted by atomic mass is 32.2. The van der Waals surface area contributed by atoms with Crippen LogP contribution in [-0.4, -0.2) is 21.6 Å². The Hall–Kier alpha value is -0.740. The lowest BCUT2D eigenvalue weighted by molar-refractivity contribution is 0.481. The summed E-state index contributed by atoms with van der Waals surface area (Å²) in [6.45, 7) is 4.58. The number of benzene rings is 1. The van der Waals surface area contributed by atoms with Gasteiger partial charge in [-0.15, -0.1) is 0 Å². The normalized spacial score (nSPS) is 11.6. The van der Waals surface area contributed by atoms with Gasteiger partial charge < -0.3 is 10.1 Å². The quantitative estimate of drug-likeness (QED) is 0.112. The average Bonchev–Trinajstić information content (AvgIpc) is 3.33. The van der Waals surface area contributed by atoms with E-state index < -0.39 is 0 Å². The molecule has 0 spiro atoms. The third-order valence-electron chi connectivity index (χ3n) is 7.64. The number of H-pyrrole nitrogens is 1. The number of aromatic hydroxyl groups is 1. The second kappa shape index (κ2) is 23.0. The van der Waals surface area contributed by atoms with Crippen molar-refractivity contribution in [2.75, 3.05) is 11.5 Å². The van der Waals surface area contributed by atoms with Crippen molar-refractivity contribution >= 4 is 34.4 Å². The zero-order valence-corrected chi connectivity index (χ0v) is 26.6. The highest BCUT2D eigenvalue weighted by molar-refractivity contribution is 7.98. The van der Waals surface area contributed by atoms with Gasteiger partial charge in [0, 0.05) is 28.1 Å². The van der Waals surface area contributed by atoms with Crippen molar-refractivity contribution in [3.8, 4) is 5.75 Å². The minimum absolute atomic E-state index is 0.430. The van der Waals surface area contributed by atoms with E-state index >= 15 is 0 Å². The summed E-state index contributed by atoms with van der Waals surface area (Å²) < 4.78 is 0. The molecule has 0 bridgehead atoms. The summed E-state index contributed by atoms with van der Waals surface area (Å²) in [5.41, 5.74) is 3.56. The topological polar surface area (TPSA) is 36.0 Å². The largest absolute Gasteiger partial charge is 0.507 e. The van der Waals surface area contributed by atoms with Gasteiger partial charge in [0.15, 0.2) is 0 Å². The maximum absolute atomic E-state index is 10.6. The monoisotopic (exact) mass is 561 g/mol. The van der Waals surface area contributed by atoms with Gasteiger partial charge in [0.1, 0.15) is 5.75 Å². The molecule has 1 aromatic carbocycles. The van der Waals surface area contributed by atoms with Gasteiger partial charge in [-0.25, -0.2) is 0 Å². The number of thioether (sulfide) groups is 2. The van der Waals surface area contributed by atoms with Crippen LogP contribution in [0.3, 0.4) is 0 Å². The molecule has 0 aliphatic heterocycles. The third kappa shape index (κ3) is 15.8. The van der Waals surface area contributed by atoms with E-state index in [0.29, 0.717) is 5.75 Å². The first-order valence-electron chi connectivity index (χ1n) is 16.2. The highest BCUT2D eigenvalue weighted by Gasteiger charge is 2.08. The second-order valence-electron chi connectivity index (χ2n) is 11.3. The maximum atomic E-state index is 10.6. The van der Waals surface area contributed by atoms with Gasteiger partial charge in [0.05, 0.1) is 0 Å². The number of nitrogens with one attached hydrogen (secondary N) is 1. The summed E-state index contributed by atoms with van der Waals surface area (Å²) in [4.78, 5) is 3.57.